The summed E-state index contributed by atoms with van der Waals surface area (Å²) in [6.45, 7) is -0.261. The first-order valence-electron chi connectivity index (χ1n) is 5.60. The molecule has 0 unspecified atom stereocenters. The van der Waals surface area contributed by atoms with Gasteiger partial charge in [0, 0.05) is 20.6 Å². The van der Waals surface area contributed by atoms with Crippen LogP contribution in [0.25, 0.3) is 0 Å². The van der Waals surface area contributed by atoms with E-state index < -0.39 is 20.0 Å². The molecule has 0 amide bonds. The van der Waals surface area contributed by atoms with Crippen molar-refractivity contribution in [2.75, 3.05) is 26.4 Å². The van der Waals surface area contributed by atoms with Crippen molar-refractivity contribution in [1.82, 2.24) is 9.03 Å². The number of rotatable bonds is 6. The zero-order chi connectivity index (χ0) is 15.4. The highest BCUT2D eigenvalue weighted by Gasteiger charge is 2.20. The molecule has 0 atom stereocenters. The zero-order valence-corrected chi connectivity index (χ0v) is 12.7. The molecule has 0 radical (unpaired) electrons. The molecule has 0 saturated heterocycles. The molecule has 1 rings (SSSR count). The van der Waals surface area contributed by atoms with E-state index in [9.17, 15) is 16.8 Å². The van der Waals surface area contributed by atoms with Crippen LogP contribution in [0.15, 0.2) is 29.2 Å². The van der Waals surface area contributed by atoms with Gasteiger partial charge < -0.3 is 0 Å². The SMILES string of the molecule is CN(C)S(=O)(=O)CCNS(=O)(=O)c1ccccc1C#N. The molecule has 9 heteroatoms. The Balaban J connectivity index is 2.85. The van der Waals surface area contributed by atoms with Gasteiger partial charge in [0.05, 0.1) is 16.2 Å². The third-order valence-corrected chi connectivity index (χ3v) is 5.86. The maximum atomic E-state index is 12.0. The van der Waals surface area contributed by atoms with Crippen molar-refractivity contribution in [3.63, 3.8) is 0 Å². The van der Waals surface area contributed by atoms with E-state index in [1.165, 1.54) is 32.3 Å². The number of hydrogen-bond donors (Lipinski definition) is 1. The quantitative estimate of drug-likeness (QED) is 0.777. The highest BCUT2D eigenvalue weighted by Crippen LogP contribution is 2.13. The van der Waals surface area contributed by atoms with Gasteiger partial charge in [-0.1, -0.05) is 12.1 Å². The Labute approximate surface area is 118 Å². The lowest BCUT2D eigenvalue weighted by Gasteiger charge is -2.12. The van der Waals surface area contributed by atoms with Crippen LogP contribution in [0.3, 0.4) is 0 Å². The average Bonchev–Trinajstić information content (AvgIpc) is 2.38. The molecule has 1 aromatic carbocycles. The number of nitriles is 1. The molecular formula is C11H15N3O4S2. The lowest BCUT2D eigenvalue weighted by Crippen LogP contribution is -2.34. The molecule has 0 aliphatic carbocycles. The standard InChI is InChI=1S/C11H15N3O4S2/c1-14(2)19(15,16)8-7-13-20(17,18)11-6-4-3-5-10(11)9-12/h3-6,13H,7-8H2,1-2H3. The number of nitrogens with zero attached hydrogens (tertiary/aromatic N) is 2. The summed E-state index contributed by atoms with van der Waals surface area (Å²) in [6.07, 6.45) is 0. The van der Waals surface area contributed by atoms with Crippen LogP contribution in [0.5, 0.6) is 0 Å². The molecule has 7 nitrogen and oxygen atoms in total. The smallest absolute Gasteiger partial charge is 0.212 e. The van der Waals surface area contributed by atoms with Crippen molar-refractivity contribution in [1.29, 1.82) is 5.26 Å². The van der Waals surface area contributed by atoms with Crippen molar-refractivity contribution in [3.05, 3.63) is 29.8 Å². The lowest BCUT2D eigenvalue weighted by atomic mass is 10.2. The number of sulfonamides is 2. The monoisotopic (exact) mass is 317 g/mol. The molecule has 0 saturated carbocycles. The van der Waals surface area contributed by atoms with Crippen LogP contribution < -0.4 is 4.72 Å². The average molecular weight is 317 g/mol. The summed E-state index contributed by atoms with van der Waals surface area (Å²) >= 11 is 0. The largest absolute Gasteiger partial charge is 0.241 e. The van der Waals surface area contributed by atoms with Crippen LogP contribution >= 0.6 is 0 Å². The second-order valence-electron chi connectivity index (χ2n) is 4.10. The van der Waals surface area contributed by atoms with Gasteiger partial charge in [0.15, 0.2) is 0 Å². The minimum Gasteiger partial charge on any atom is -0.212 e. The van der Waals surface area contributed by atoms with E-state index in [2.05, 4.69) is 4.72 Å². The highest BCUT2D eigenvalue weighted by atomic mass is 32.2. The Morgan fingerprint density at radius 3 is 2.35 bits per heavy atom. The third-order valence-electron chi connectivity index (χ3n) is 2.51. The van der Waals surface area contributed by atoms with Crippen LogP contribution in [0.2, 0.25) is 0 Å². The summed E-state index contributed by atoms with van der Waals surface area (Å²) in [5.41, 5.74) is 0.00969. The fourth-order valence-electron chi connectivity index (χ4n) is 1.36. The topological polar surface area (TPSA) is 107 Å². The van der Waals surface area contributed by atoms with Gasteiger partial charge >= 0.3 is 0 Å². The molecule has 1 N–H and O–H groups in total. The minimum absolute atomic E-state index is 0.00969. The van der Waals surface area contributed by atoms with E-state index in [0.29, 0.717) is 0 Å². The molecule has 0 bridgehead atoms. The summed E-state index contributed by atoms with van der Waals surface area (Å²) in [7, 11) is -4.64. The summed E-state index contributed by atoms with van der Waals surface area (Å²) in [6, 6.07) is 7.50. The number of benzene rings is 1. The van der Waals surface area contributed by atoms with E-state index in [1.807, 2.05) is 0 Å². The fourth-order valence-corrected chi connectivity index (χ4v) is 3.40. The molecule has 20 heavy (non-hydrogen) atoms. The molecular weight excluding hydrogens is 302 g/mol. The predicted molar refractivity (Wildman–Crippen MR) is 73.8 cm³/mol. The van der Waals surface area contributed by atoms with Crippen molar-refractivity contribution in [3.8, 4) is 6.07 Å². The Bertz CT molecular complexity index is 718. The third kappa shape index (κ3) is 4.01. The first-order chi connectivity index (χ1) is 9.20. The van der Waals surface area contributed by atoms with Crippen LogP contribution in [-0.4, -0.2) is 47.5 Å². The Hall–Kier alpha value is -1.47. The minimum atomic E-state index is -3.91. The predicted octanol–water partition coefficient (Wildman–Crippen LogP) is -0.272. The molecule has 0 heterocycles. The second kappa shape index (κ2) is 6.32. The first-order valence-corrected chi connectivity index (χ1v) is 8.69. The fraction of sp³-hybridized carbons (Fsp3) is 0.364. The molecule has 0 aliphatic heterocycles. The van der Waals surface area contributed by atoms with E-state index >= 15 is 0 Å². The van der Waals surface area contributed by atoms with Gasteiger partial charge in [0.1, 0.15) is 6.07 Å². The van der Waals surface area contributed by atoms with Crippen molar-refractivity contribution in [2.24, 2.45) is 0 Å². The van der Waals surface area contributed by atoms with Gasteiger partial charge in [-0.2, -0.15) is 5.26 Å². The van der Waals surface area contributed by atoms with Crippen molar-refractivity contribution >= 4 is 20.0 Å². The lowest BCUT2D eigenvalue weighted by molar-refractivity contribution is 0.519. The highest BCUT2D eigenvalue weighted by molar-refractivity contribution is 7.90. The van der Waals surface area contributed by atoms with Crippen LogP contribution in [0.1, 0.15) is 5.56 Å². The van der Waals surface area contributed by atoms with Gasteiger partial charge in [-0.3, -0.25) is 0 Å². The summed E-state index contributed by atoms with van der Waals surface area (Å²) in [5.74, 6) is -0.353. The van der Waals surface area contributed by atoms with Gasteiger partial charge in [-0.15, -0.1) is 0 Å². The van der Waals surface area contributed by atoms with E-state index in [4.69, 9.17) is 5.26 Å². The molecule has 110 valence electrons. The first kappa shape index (κ1) is 16.6. The Kier molecular flexibility index (Phi) is 5.24. The molecule has 0 fully saturated rings. The zero-order valence-electron chi connectivity index (χ0n) is 11.1. The Morgan fingerprint density at radius 2 is 1.80 bits per heavy atom. The van der Waals surface area contributed by atoms with Gasteiger partial charge in [-0.25, -0.2) is 25.9 Å². The number of hydrogen-bond acceptors (Lipinski definition) is 5. The summed E-state index contributed by atoms with van der Waals surface area (Å²) in [4.78, 5) is -0.162. The van der Waals surface area contributed by atoms with Crippen LogP contribution in [0, 0.1) is 11.3 Å². The van der Waals surface area contributed by atoms with Crippen molar-refractivity contribution < 1.29 is 16.8 Å². The van der Waals surface area contributed by atoms with Gasteiger partial charge in [-0.05, 0) is 12.1 Å². The number of nitrogens with one attached hydrogen (secondary N) is 1. The maximum Gasteiger partial charge on any atom is 0.241 e. The summed E-state index contributed by atoms with van der Waals surface area (Å²) in [5, 5.41) is 8.86. The van der Waals surface area contributed by atoms with E-state index in [1.54, 1.807) is 12.1 Å². The summed E-state index contributed by atoms with van der Waals surface area (Å²) < 4.78 is 50.2. The Morgan fingerprint density at radius 1 is 1.20 bits per heavy atom. The second-order valence-corrected chi connectivity index (χ2v) is 8.14. The molecule has 0 aliphatic rings. The van der Waals surface area contributed by atoms with E-state index in [-0.39, 0.29) is 22.8 Å². The maximum absolute atomic E-state index is 12.0. The van der Waals surface area contributed by atoms with Crippen LogP contribution in [-0.2, 0) is 20.0 Å². The van der Waals surface area contributed by atoms with Crippen LogP contribution in [0.4, 0.5) is 0 Å². The van der Waals surface area contributed by atoms with E-state index in [0.717, 1.165) is 4.31 Å². The van der Waals surface area contributed by atoms with Gasteiger partial charge in [0.2, 0.25) is 20.0 Å². The normalized spacial score (nSPS) is 12.3. The van der Waals surface area contributed by atoms with Crippen molar-refractivity contribution in [2.45, 2.75) is 4.90 Å². The van der Waals surface area contributed by atoms with Gasteiger partial charge in [0.25, 0.3) is 0 Å². The molecule has 0 aromatic heterocycles. The molecule has 0 spiro atoms. The molecule has 1 aromatic rings.